The van der Waals surface area contributed by atoms with E-state index in [0.717, 1.165) is 12.1 Å². The molecule has 0 radical (unpaired) electrons. The highest BCUT2D eigenvalue weighted by molar-refractivity contribution is 5.92. The van der Waals surface area contributed by atoms with Crippen molar-refractivity contribution in [1.82, 2.24) is 15.1 Å². The minimum absolute atomic E-state index is 0.0492. The van der Waals surface area contributed by atoms with Crippen LogP contribution in [-0.4, -0.2) is 34.4 Å². The third-order valence-corrected chi connectivity index (χ3v) is 3.67. The number of nitrogen functional groups attached to an aromatic ring is 1. The SMILES string of the molecule is CC1OCCC1NC(=O)c1ccn(-c2ccc(N)cc2)n1. The van der Waals surface area contributed by atoms with Crippen molar-refractivity contribution in [2.75, 3.05) is 12.3 Å². The zero-order valence-corrected chi connectivity index (χ0v) is 11.8. The first-order valence-corrected chi connectivity index (χ1v) is 6.97. The number of hydrogen-bond donors (Lipinski definition) is 2. The van der Waals surface area contributed by atoms with Crippen LogP contribution in [0.2, 0.25) is 0 Å². The molecule has 0 saturated carbocycles. The number of amides is 1. The van der Waals surface area contributed by atoms with Crippen LogP contribution in [0.5, 0.6) is 0 Å². The molecule has 3 N–H and O–H groups in total. The number of hydrogen-bond acceptors (Lipinski definition) is 4. The maximum atomic E-state index is 12.2. The van der Waals surface area contributed by atoms with E-state index in [9.17, 15) is 4.79 Å². The van der Waals surface area contributed by atoms with Gasteiger partial charge in [-0.3, -0.25) is 4.79 Å². The van der Waals surface area contributed by atoms with Crippen LogP contribution < -0.4 is 11.1 Å². The van der Waals surface area contributed by atoms with E-state index in [4.69, 9.17) is 10.5 Å². The summed E-state index contributed by atoms with van der Waals surface area (Å²) in [7, 11) is 0. The molecule has 1 aliphatic heterocycles. The fraction of sp³-hybridized carbons (Fsp3) is 0.333. The van der Waals surface area contributed by atoms with Gasteiger partial charge in [-0.1, -0.05) is 0 Å². The number of anilines is 1. The number of nitrogens with zero attached hydrogens (tertiary/aromatic N) is 2. The Morgan fingerprint density at radius 3 is 2.81 bits per heavy atom. The average molecular weight is 286 g/mol. The molecule has 1 saturated heterocycles. The molecule has 0 bridgehead atoms. The van der Waals surface area contributed by atoms with Gasteiger partial charge in [0.15, 0.2) is 5.69 Å². The minimum atomic E-state index is -0.174. The molecule has 1 aliphatic rings. The number of nitrogens with one attached hydrogen (secondary N) is 1. The topological polar surface area (TPSA) is 82.2 Å². The minimum Gasteiger partial charge on any atom is -0.399 e. The fourth-order valence-electron chi connectivity index (χ4n) is 2.38. The normalized spacial score (nSPS) is 21.4. The summed E-state index contributed by atoms with van der Waals surface area (Å²) < 4.78 is 7.09. The van der Waals surface area contributed by atoms with Crippen LogP contribution in [0.15, 0.2) is 36.5 Å². The van der Waals surface area contributed by atoms with Crippen LogP contribution in [-0.2, 0) is 4.74 Å². The molecule has 6 heteroatoms. The van der Waals surface area contributed by atoms with E-state index >= 15 is 0 Å². The number of carbonyl (C=O) groups is 1. The maximum absolute atomic E-state index is 12.2. The van der Waals surface area contributed by atoms with Crippen molar-refractivity contribution >= 4 is 11.6 Å². The monoisotopic (exact) mass is 286 g/mol. The lowest BCUT2D eigenvalue weighted by molar-refractivity contribution is 0.0861. The smallest absolute Gasteiger partial charge is 0.272 e. The van der Waals surface area contributed by atoms with Gasteiger partial charge in [0.2, 0.25) is 0 Å². The van der Waals surface area contributed by atoms with Crippen LogP contribution >= 0.6 is 0 Å². The van der Waals surface area contributed by atoms with Crippen molar-refractivity contribution in [1.29, 1.82) is 0 Å². The third kappa shape index (κ3) is 2.90. The van der Waals surface area contributed by atoms with Crippen molar-refractivity contribution in [3.63, 3.8) is 0 Å². The number of aromatic nitrogens is 2. The summed E-state index contributed by atoms with van der Waals surface area (Å²) >= 11 is 0. The molecular weight excluding hydrogens is 268 g/mol. The Balaban J connectivity index is 1.72. The second kappa shape index (κ2) is 5.57. The van der Waals surface area contributed by atoms with Crippen LogP contribution in [0, 0.1) is 0 Å². The summed E-state index contributed by atoms with van der Waals surface area (Å²) in [5, 5.41) is 7.26. The van der Waals surface area contributed by atoms with Gasteiger partial charge in [0.25, 0.3) is 5.91 Å². The van der Waals surface area contributed by atoms with E-state index in [1.165, 1.54) is 0 Å². The predicted molar refractivity (Wildman–Crippen MR) is 79.3 cm³/mol. The van der Waals surface area contributed by atoms with Crippen LogP contribution in [0.25, 0.3) is 5.69 Å². The highest BCUT2D eigenvalue weighted by Gasteiger charge is 2.26. The highest BCUT2D eigenvalue weighted by atomic mass is 16.5. The molecule has 2 aromatic rings. The van der Waals surface area contributed by atoms with Gasteiger partial charge in [-0.25, -0.2) is 4.68 Å². The van der Waals surface area contributed by atoms with Crippen molar-refractivity contribution < 1.29 is 9.53 Å². The molecular formula is C15H18N4O2. The maximum Gasteiger partial charge on any atom is 0.272 e. The van der Waals surface area contributed by atoms with Gasteiger partial charge in [-0.15, -0.1) is 0 Å². The number of rotatable bonds is 3. The summed E-state index contributed by atoms with van der Waals surface area (Å²) in [5.41, 5.74) is 7.61. The van der Waals surface area contributed by atoms with Crippen molar-refractivity contribution in [2.24, 2.45) is 0 Å². The molecule has 0 spiro atoms. The zero-order chi connectivity index (χ0) is 14.8. The molecule has 110 valence electrons. The second-order valence-corrected chi connectivity index (χ2v) is 5.18. The highest BCUT2D eigenvalue weighted by Crippen LogP contribution is 2.14. The molecule has 6 nitrogen and oxygen atoms in total. The molecule has 21 heavy (non-hydrogen) atoms. The second-order valence-electron chi connectivity index (χ2n) is 5.18. The number of carbonyl (C=O) groups excluding carboxylic acids is 1. The fourth-order valence-corrected chi connectivity index (χ4v) is 2.38. The Kier molecular flexibility index (Phi) is 3.62. The summed E-state index contributed by atoms with van der Waals surface area (Å²) in [6.07, 6.45) is 2.65. The van der Waals surface area contributed by atoms with E-state index in [1.807, 2.05) is 19.1 Å². The van der Waals surface area contributed by atoms with Crippen LogP contribution in [0.4, 0.5) is 5.69 Å². The molecule has 1 amide bonds. The Labute approximate surface area is 122 Å². The van der Waals surface area contributed by atoms with Gasteiger partial charge in [0.05, 0.1) is 17.8 Å². The van der Waals surface area contributed by atoms with Gasteiger partial charge in [0, 0.05) is 18.5 Å². The molecule has 3 rings (SSSR count). The summed E-state index contributed by atoms with van der Waals surface area (Å²) in [6, 6.07) is 9.07. The lowest BCUT2D eigenvalue weighted by Gasteiger charge is -2.14. The summed E-state index contributed by atoms with van der Waals surface area (Å²) in [6.45, 7) is 2.65. The Bertz CT molecular complexity index is 635. The first-order valence-electron chi connectivity index (χ1n) is 6.97. The number of nitrogens with two attached hydrogens (primary N) is 1. The van der Waals surface area contributed by atoms with Gasteiger partial charge in [-0.05, 0) is 43.7 Å². The number of benzene rings is 1. The van der Waals surface area contributed by atoms with Gasteiger partial charge < -0.3 is 15.8 Å². The molecule has 1 aromatic carbocycles. The molecule has 2 unspecified atom stereocenters. The Hall–Kier alpha value is -2.34. The first-order chi connectivity index (χ1) is 10.1. The van der Waals surface area contributed by atoms with Gasteiger partial charge >= 0.3 is 0 Å². The zero-order valence-electron chi connectivity index (χ0n) is 11.8. The van der Waals surface area contributed by atoms with E-state index in [1.54, 1.807) is 29.1 Å². The van der Waals surface area contributed by atoms with Crippen LogP contribution in [0.1, 0.15) is 23.8 Å². The van der Waals surface area contributed by atoms with Crippen LogP contribution in [0.3, 0.4) is 0 Å². The largest absolute Gasteiger partial charge is 0.399 e. The standard InChI is InChI=1S/C15H18N4O2/c1-10-13(7-9-21-10)17-15(20)14-6-8-19(18-14)12-4-2-11(16)3-5-12/h2-6,8,10,13H,7,9,16H2,1H3,(H,17,20). The predicted octanol–water partition coefficient (Wildman–Crippen LogP) is 1.36. The van der Waals surface area contributed by atoms with E-state index < -0.39 is 0 Å². The lowest BCUT2D eigenvalue weighted by Crippen LogP contribution is -2.39. The lowest BCUT2D eigenvalue weighted by atomic mass is 10.1. The Morgan fingerprint density at radius 1 is 1.38 bits per heavy atom. The number of ether oxygens (including phenoxy) is 1. The molecule has 0 aliphatic carbocycles. The molecule has 2 atom stereocenters. The summed E-state index contributed by atoms with van der Waals surface area (Å²) in [4.78, 5) is 12.2. The average Bonchev–Trinajstić information content (AvgIpc) is 3.10. The molecule has 1 fully saturated rings. The first kappa shape index (κ1) is 13.6. The van der Waals surface area contributed by atoms with Crippen molar-refractivity contribution in [3.05, 3.63) is 42.2 Å². The molecule has 1 aromatic heterocycles. The van der Waals surface area contributed by atoms with Crippen molar-refractivity contribution in [3.8, 4) is 5.69 Å². The van der Waals surface area contributed by atoms with E-state index in [-0.39, 0.29) is 18.1 Å². The summed E-state index contributed by atoms with van der Waals surface area (Å²) in [5.74, 6) is -0.174. The quantitative estimate of drug-likeness (QED) is 0.835. The van der Waals surface area contributed by atoms with E-state index in [2.05, 4.69) is 10.4 Å². The third-order valence-electron chi connectivity index (χ3n) is 3.67. The van der Waals surface area contributed by atoms with Gasteiger partial charge in [0.1, 0.15) is 0 Å². The Morgan fingerprint density at radius 2 is 2.14 bits per heavy atom. The molecule has 2 heterocycles. The van der Waals surface area contributed by atoms with Crippen molar-refractivity contribution in [2.45, 2.75) is 25.5 Å². The van der Waals surface area contributed by atoms with Gasteiger partial charge in [-0.2, -0.15) is 5.10 Å². The van der Waals surface area contributed by atoms with E-state index in [0.29, 0.717) is 18.0 Å².